The molecule has 2 aromatic rings. The van der Waals surface area contributed by atoms with Crippen LogP contribution in [-0.2, 0) is 5.41 Å². The fraction of sp³-hybridized carbons (Fsp3) is 0.571. The number of rotatable bonds is 9. The van der Waals surface area contributed by atoms with E-state index in [1.807, 2.05) is 24.3 Å². The first-order chi connectivity index (χ1) is 14.1. The van der Waals surface area contributed by atoms with E-state index in [9.17, 15) is 10.2 Å². The molecule has 2 N–H and O–H groups in total. The van der Waals surface area contributed by atoms with Crippen LogP contribution >= 0.6 is 0 Å². The Morgan fingerprint density at radius 3 is 1.40 bits per heavy atom. The van der Waals surface area contributed by atoms with Crippen LogP contribution in [0.5, 0.6) is 11.5 Å². The first-order valence-corrected chi connectivity index (χ1v) is 11.7. The third-order valence-electron chi connectivity index (χ3n) is 6.98. The Hall–Kier alpha value is -1.96. The lowest BCUT2D eigenvalue weighted by Gasteiger charge is -2.33. The van der Waals surface area contributed by atoms with Gasteiger partial charge in [-0.2, -0.15) is 0 Å². The molecule has 2 heteroatoms. The van der Waals surface area contributed by atoms with Crippen molar-refractivity contribution in [3.05, 3.63) is 59.7 Å². The number of aromatic hydroxyl groups is 2. The summed E-state index contributed by atoms with van der Waals surface area (Å²) in [5.74, 6) is 1.48. The van der Waals surface area contributed by atoms with Crippen LogP contribution in [0.3, 0.4) is 0 Å². The van der Waals surface area contributed by atoms with Gasteiger partial charge in [-0.3, -0.25) is 0 Å². The lowest BCUT2D eigenvalue weighted by Crippen LogP contribution is -2.22. The molecule has 2 aromatic carbocycles. The number of unbranched alkanes of at least 4 members (excludes halogenated alkanes) is 1. The molecule has 0 saturated carbocycles. The van der Waals surface area contributed by atoms with E-state index >= 15 is 0 Å². The average molecular weight is 413 g/mol. The minimum Gasteiger partial charge on any atom is -0.508 e. The van der Waals surface area contributed by atoms with Crippen molar-refractivity contribution in [2.45, 2.75) is 92.4 Å². The van der Waals surface area contributed by atoms with E-state index in [1.165, 1.54) is 32.1 Å². The van der Waals surface area contributed by atoms with Gasteiger partial charge in [0.25, 0.3) is 0 Å². The summed E-state index contributed by atoms with van der Waals surface area (Å²) in [6, 6.07) is 14.6. The van der Waals surface area contributed by atoms with Gasteiger partial charge in [0.2, 0.25) is 0 Å². The molecule has 0 aliphatic heterocycles. The summed E-state index contributed by atoms with van der Waals surface area (Å²) in [5, 5.41) is 18.7. The summed E-state index contributed by atoms with van der Waals surface area (Å²) in [7, 11) is 0. The Bertz CT molecular complexity index is 664. The zero-order chi connectivity index (χ0) is 22.8. The van der Waals surface area contributed by atoms with Crippen LogP contribution in [0.25, 0.3) is 0 Å². The second kappa shape index (κ2) is 12.0. The minimum absolute atomic E-state index is 0.110. The molecule has 0 aromatic heterocycles. The Labute approximate surface area is 185 Å². The third-order valence-corrected chi connectivity index (χ3v) is 6.98. The summed E-state index contributed by atoms with van der Waals surface area (Å²) >= 11 is 0. The predicted octanol–water partition coefficient (Wildman–Crippen LogP) is 8.45. The molecule has 0 fully saturated rings. The van der Waals surface area contributed by atoms with Crippen molar-refractivity contribution in [2.24, 2.45) is 11.3 Å². The summed E-state index contributed by atoms with van der Waals surface area (Å²) in [4.78, 5) is 0. The van der Waals surface area contributed by atoms with Gasteiger partial charge in [0.1, 0.15) is 11.5 Å². The fourth-order valence-corrected chi connectivity index (χ4v) is 4.46. The molecule has 0 aliphatic carbocycles. The quantitative estimate of drug-likeness (QED) is 0.433. The molecule has 168 valence electrons. The SMILES string of the molecule is CCC(C)(c1ccc(O)cc1)c1ccc(O)cc1.CCCCC(C)(C)C(CC)CC. The summed E-state index contributed by atoms with van der Waals surface area (Å²) in [6.45, 7) is 16.1. The van der Waals surface area contributed by atoms with Gasteiger partial charge in [-0.1, -0.05) is 98.4 Å². The highest BCUT2D eigenvalue weighted by Crippen LogP contribution is 2.37. The zero-order valence-electron chi connectivity index (χ0n) is 20.3. The van der Waals surface area contributed by atoms with Crippen LogP contribution < -0.4 is 0 Å². The van der Waals surface area contributed by atoms with E-state index in [0.717, 1.165) is 23.5 Å². The van der Waals surface area contributed by atoms with Gasteiger partial charge < -0.3 is 10.2 Å². The fourth-order valence-electron chi connectivity index (χ4n) is 4.46. The first-order valence-electron chi connectivity index (χ1n) is 11.7. The van der Waals surface area contributed by atoms with Gasteiger partial charge >= 0.3 is 0 Å². The molecule has 0 atom stereocenters. The molecule has 0 aliphatic rings. The maximum atomic E-state index is 9.37. The van der Waals surface area contributed by atoms with Crippen LogP contribution in [0.2, 0.25) is 0 Å². The second-order valence-electron chi connectivity index (χ2n) is 9.38. The molecule has 0 unspecified atom stereocenters. The monoisotopic (exact) mass is 412 g/mol. The van der Waals surface area contributed by atoms with Gasteiger partial charge in [-0.05, 0) is 59.6 Å². The van der Waals surface area contributed by atoms with E-state index in [0.29, 0.717) is 5.41 Å². The van der Waals surface area contributed by atoms with E-state index in [-0.39, 0.29) is 16.9 Å². The van der Waals surface area contributed by atoms with Crippen molar-refractivity contribution in [2.75, 3.05) is 0 Å². The highest BCUT2D eigenvalue weighted by atomic mass is 16.3. The molecular weight excluding hydrogens is 368 g/mol. The molecule has 0 amide bonds. The molecule has 0 radical (unpaired) electrons. The Balaban J connectivity index is 0.000000329. The van der Waals surface area contributed by atoms with E-state index in [1.54, 1.807) is 24.3 Å². The molecule has 0 spiro atoms. The Kier molecular flexibility index (Phi) is 10.5. The summed E-state index contributed by atoms with van der Waals surface area (Å²) in [5.41, 5.74) is 2.78. The smallest absolute Gasteiger partial charge is 0.115 e. The molecule has 30 heavy (non-hydrogen) atoms. The minimum atomic E-state index is -0.110. The maximum Gasteiger partial charge on any atom is 0.115 e. The number of hydrogen-bond acceptors (Lipinski definition) is 2. The number of phenols is 2. The molecule has 2 rings (SSSR count). The van der Waals surface area contributed by atoms with Crippen LogP contribution in [0.4, 0.5) is 0 Å². The van der Waals surface area contributed by atoms with Crippen molar-refractivity contribution < 1.29 is 10.2 Å². The topological polar surface area (TPSA) is 40.5 Å². The van der Waals surface area contributed by atoms with E-state index in [4.69, 9.17) is 0 Å². The standard InChI is InChI=1S/C16H18O2.C12H26/c1-3-16(2,12-4-8-14(17)9-5-12)13-6-10-15(18)11-7-13;1-6-9-10-12(4,5)11(7-2)8-3/h4-11,17-18H,3H2,1-2H3;11H,6-10H2,1-5H3. The second-order valence-corrected chi connectivity index (χ2v) is 9.38. The predicted molar refractivity (Wildman–Crippen MR) is 130 cm³/mol. The summed E-state index contributed by atoms with van der Waals surface area (Å²) < 4.78 is 0. The molecule has 2 nitrogen and oxygen atoms in total. The lowest BCUT2D eigenvalue weighted by atomic mass is 9.73. The lowest BCUT2D eigenvalue weighted by molar-refractivity contribution is 0.178. The van der Waals surface area contributed by atoms with Gasteiger partial charge in [-0.15, -0.1) is 0 Å². The van der Waals surface area contributed by atoms with E-state index in [2.05, 4.69) is 48.5 Å². The number of phenolic OH excluding ortho intramolecular Hbond substituents is 2. The maximum absolute atomic E-state index is 9.37. The van der Waals surface area contributed by atoms with Crippen LogP contribution in [-0.4, -0.2) is 10.2 Å². The molecule has 0 heterocycles. The van der Waals surface area contributed by atoms with E-state index < -0.39 is 0 Å². The van der Waals surface area contributed by atoms with Crippen LogP contribution in [0.1, 0.15) is 98.1 Å². The van der Waals surface area contributed by atoms with Gasteiger partial charge in [0, 0.05) is 5.41 Å². The van der Waals surface area contributed by atoms with Crippen LogP contribution in [0.15, 0.2) is 48.5 Å². The highest BCUT2D eigenvalue weighted by molar-refractivity contribution is 5.41. The first kappa shape index (κ1) is 26.1. The van der Waals surface area contributed by atoms with Gasteiger partial charge in [0.05, 0.1) is 0 Å². The van der Waals surface area contributed by atoms with Crippen molar-refractivity contribution in [1.82, 2.24) is 0 Å². The van der Waals surface area contributed by atoms with Crippen molar-refractivity contribution >= 4 is 0 Å². The molecule has 0 bridgehead atoms. The Morgan fingerprint density at radius 2 is 1.10 bits per heavy atom. The largest absolute Gasteiger partial charge is 0.508 e. The number of hydrogen-bond donors (Lipinski definition) is 2. The van der Waals surface area contributed by atoms with Crippen molar-refractivity contribution in [3.8, 4) is 11.5 Å². The van der Waals surface area contributed by atoms with Gasteiger partial charge in [-0.25, -0.2) is 0 Å². The molecular formula is C28H44O2. The number of benzene rings is 2. The summed E-state index contributed by atoms with van der Waals surface area (Å²) in [6.07, 6.45) is 7.76. The van der Waals surface area contributed by atoms with Crippen molar-refractivity contribution in [1.29, 1.82) is 0 Å². The zero-order valence-corrected chi connectivity index (χ0v) is 20.3. The van der Waals surface area contributed by atoms with Crippen LogP contribution in [0, 0.1) is 11.3 Å². The third kappa shape index (κ3) is 7.07. The average Bonchev–Trinajstić information content (AvgIpc) is 2.74. The van der Waals surface area contributed by atoms with Gasteiger partial charge in [0.15, 0.2) is 0 Å². The van der Waals surface area contributed by atoms with Crippen molar-refractivity contribution in [3.63, 3.8) is 0 Å². The highest BCUT2D eigenvalue weighted by Gasteiger charge is 2.27. The normalized spacial score (nSPS) is 11.9. The molecule has 0 saturated heterocycles. The Morgan fingerprint density at radius 1 is 0.700 bits per heavy atom.